The van der Waals surface area contributed by atoms with Crippen molar-refractivity contribution in [3.8, 4) is 0 Å². The zero-order valence-electron chi connectivity index (χ0n) is 9.02. The Balaban J connectivity index is 4.64. The van der Waals surface area contributed by atoms with E-state index >= 15 is 0 Å². The van der Waals surface area contributed by atoms with Gasteiger partial charge in [0.1, 0.15) is 0 Å². The lowest BCUT2D eigenvalue weighted by molar-refractivity contribution is 0.447. The van der Waals surface area contributed by atoms with Crippen LogP contribution in [0.15, 0.2) is 17.9 Å². The predicted molar refractivity (Wildman–Crippen MR) is 67.9 cm³/mol. The Hall–Kier alpha value is 0.210. The molecule has 0 aliphatic carbocycles. The molecule has 0 rings (SSSR count). The molecule has 0 aromatic carbocycles. The molecule has 0 aromatic rings. The summed E-state index contributed by atoms with van der Waals surface area (Å²) in [6.45, 7) is 12.6. The highest BCUT2D eigenvalue weighted by molar-refractivity contribution is 14.1. The molecular weight excluding hydrogens is 273 g/mol. The molecule has 0 bridgehead atoms. The van der Waals surface area contributed by atoms with Gasteiger partial charge < -0.3 is 0 Å². The number of nitrogens with one attached hydrogen (secondary N) is 1. The molecule has 0 amide bonds. The maximum Gasteiger partial charge on any atom is 0.0475 e. The fraction of sp³-hybridized carbons (Fsp3) is 0.727. The average Bonchev–Trinajstić information content (AvgIpc) is 2.12. The molecule has 2 heteroatoms. The van der Waals surface area contributed by atoms with Crippen molar-refractivity contribution < 1.29 is 0 Å². The fourth-order valence-electron chi connectivity index (χ4n) is 1.38. The van der Waals surface area contributed by atoms with E-state index < -0.39 is 0 Å². The molecule has 0 heterocycles. The van der Waals surface area contributed by atoms with E-state index in [0.29, 0.717) is 17.9 Å². The van der Waals surface area contributed by atoms with Gasteiger partial charge in [-0.1, -0.05) is 40.7 Å². The van der Waals surface area contributed by atoms with Crippen LogP contribution >= 0.6 is 22.9 Å². The normalized spacial score (nSPS) is 15.2. The summed E-state index contributed by atoms with van der Waals surface area (Å²) in [6, 6.07) is 0.420. The zero-order chi connectivity index (χ0) is 10.4. The van der Waals surface area contributed by atoms with Crippen LogP contribution in [-0.2, 0) is 0 Å². The van der Waals surface area contributed by atoms with Gasteiger partial charge in [0.05, 0.1) is 0 Å². The predicted octanol–water partition coefficient (Wildman–Crippen LogP) is 3.71. The molecular formula is C11H20IN. The van der Waals surface area contributed by atoms with Crippen molar-refractivity contribution in [2.75, 3.05) is 0 Å². The van der Waals surface area contributed by atoms with Crippen LogP contribution in [0.5, 0.6) is 0 Å². The fourth-order valence-corrected chi connectivity index (χ4v) is 2.33. The largest absolute Gasteiger partial charge is 0.253 e. The molecule has 0 spiro atoms. The molecule has 0 aromatic heterocycles. The second kappa shape index (κ2) is 6.63. The van der Waals surface area contributed by atoms with Crippen LogP contribution in [0.3, 0.4) is 0 Å². The van der Waals surface area contributed by atoms with Crippen LogP contribution in [0.25, 0.3) is 0 Å². The van der Waals surface area contributed by atoms with Crippen molar-refractivity contribution in [3.63, 3.8) is 0 Å². The molecule has 0 aliphatic heterocycles. The molecule has 0 saturated carbocycles. The Morgan fingerprint density at radius 1 is 1.46 bits per heavy atom. The summed E-state index contributed by atoms with van der Waals surface area (Å²) in [6.07, 6.45) is 1.18. The van der Waals surface area contributed by atoms with E-state index in [4.69, 9.17) is 0 Å². The molecule has 0 saturated heterocycles. The topological polar surface area (TPSA) is 12.0 Å². The molecule has 76 valence electrons. The van der Waals surface area contributed by atoms with Crippen molar-refractivity contribution in [3.05, 3.63) is 17.9 Å². The minimum Gasteiger partial charge on any atom is -0.253 e. The second-order valence-electron chi connectivity index (χ2n) is 3.76. The van der Waals surface area contributed by atoms with Gasteiger partial charge in [0.15, 0.2) is 0 Å². The van der Waals surface area contributed by atoms with Crippen LogP contribution in [0, 0.1) is 11.8 Å². The molecule has 0 fully saturated rings. The average molecular weight is 293 g/mol. The first-order valence-corrected chi connectivity index (χ1v) is 5.92. The lowest BCUT2D eigenvalue weighted by atomic mass is 9.88. The van der Waals surface area contributed by atoms with E-state index in [0.717, 1.165) is 0 Å². The Labute approximate surface area is 96.2 Å². The quantitative estimate of drug-likeness (QED) is 0.463. The number of hydrogen-bond donors (Lipinski definition) is 1. The third-order valence-corrected chi connectivity index (χ3v) is 3.16. The van der Waals surface area contributed by atoms with Gasteiger partial charge in [0.2, 0.25) is 0 Å². The maximum atomic E-state index is 3.76. The van der Waals surface area contributed by atoms with Gasteiger partial charge in [-0.3, -0.25) is 3.53 Å². The highest BCUT2D eigenvalue weighted by Gasteiger charge is 2.20. The first kappa shape index (κ1) is 13.2. The third kappa shape index (κ3) is 3.84. The van der Waals surface area contributed by atoms with E-state index in [1.54, 1.807) is 0 Å². The van der Waals surface area contributed by atoms with E-state index in [1.165, 1.54) is 12.0 Å². The smallest absolute Gasteiger partial charge is 0.0475 e. The third-order valence-electron chi connectivity index (χ3n) is 2.49. The summed E-state index contributed by atoms with van der Waals surface area (Å²) in [4.78, 5) is 0. The highest BCUT2D eigenvalue weighted by Crippen LogP contribution is 2.21. The highest BCUT2D eigenvalue weighted by atomic mass is 127. The summed E-state index contributed by atoms with van der Waals surface area (Å²) in [7, 11) is 0. The van der Waals surface area contributed by atoms with Gasteiger partial charge in [-0.15, -0.1) is 5.73 Å². The monoisotopic (exact) mass is 293 g/mol. The summed E-state index contributed by atoms with van der Waals surface area (Å²) in [5, 5.41) is 0. The summed E-state index contributed by atoms with van der Waals surface area (Å²) >= 11 is 2.22. The molecule has 13 heavy (non-hydrogen) atoms. The van der Waals surface area contributed by atoms with E-state index in [1.807, 2.05) is 0 Å². The SMILES string of the molecule is C=C=C(C(C)C)C(NI)C(C)CC. The van der Waals surface area contributed by atoms with Gasteiger partial charge >= 0.3 is 0 Å². The van der Waals surface area contributed by atoms with Crippen LogP contribution in [0.1, 0.15) is 34.1 Å². The molecule has 2 atom stereocenters. The molecule has 2 unspecified atom stereocenters. The summed E-state index contributed by atoms with van der Waals surface area (Å²) < 4.78 is 3.32. The minimum absolute atomic E-state index is 0.420. The maximum absolute atomic E-state index is 3.76. The summed E-state index contributed by atoms with van der Waals surface area (Å²) in [5.41, 5.74) is 4.36. The van der Waals surface area contributed by atoms with Crippen LogP contribution < -0.4 is 3.53 Å². The standard InChI is InChI=1S/C11H20IN/c1-6-9(5)11(13-12)10(7-2)8(3)4/h8-9,11,13H,2,6H2,1,3-5H3. The van der Waals surface area contributed by atoms with Gasteiger partial charge in [0.25, 0.3) is 0 Å². The Morgan fingerprint density at radius 3 is 2.23 bits per heavy atom. The number of hydrogen-bond acceptors (Lipinski definition) is 1. The first-order valence-electron chi connectivity index (χ1n) is 4.84. The van der Waals surface area contributed by atoms with Crippen LogP contribution in [0.4, 0.5) is 0 Å². The van der Waals surface area contributed by atoms with Crippen molar-refractivity contribution in [2.45, 2.75) is 40.2 Å². The molecule has 0 aliphatic rings. The Morgan fingerprint density at radius 2 is 2.00 bits per heavy atom. The van der Waals surface area contributed by atoms with E-state index in [2.05, 4.69) is 66.4 Å². The van der Waals surface area contributed by atoms with Gasteiger partial charge in [0, 0.05) is 28.9 Å². The number of rotatable bonds is 5. The van der Waals surface area contributed by atoms with Crippen LogP contribution in [-0.4, -0.2) is 6.04 Å². The molecule has 1 nitrogen and oxygen atoms in total. The Bertz CT molecular complexity index is 192. The van der Waals surface area contributed by atoms with E-state index in [9.17, 15) is 0 Å². The minimum atomic E-state index is 0.420. The molecule has 0 radical (unpaired) electrons. The lowest BCUT2D eigenvalue weighted by Crippen LogP contribution is -2.31. The Kier molecular flexibility index (Phi) is 6.74. The van der Waals surface area contributed by atoms with Crippen molar-refractivity contribution in [1.82, 2.24) is 3.53 Å². The second-order valence-corrected chi connectivity index (χ2v) is 4.38. The summed E-state index contributed by atoms with van der Waals surface area (Å²) in [5.74, 6) is 1.17. The molecule has 1 N–H and O–H groups in total. The number of halogens is 1. The van der Waals surface area contributed by atoms with Crippen molar-refractivity contribution in [2.24, 2.45) is 11.8 Å². The van der Waals surface area contributed by atoms with Crippen molar-refractivity contribution >= 4 is 22.9 Å². The zero-order valence-corrected chi connectivity index (χ0v) is 11.2. The van der Waals surface area contributed by atoms with Crippen LogP contribution in [0.2, 0.25) is 0 Å². The van der Waals surface area contributed by atoms with E-state index in [-0.39, 0.29) is 0 Å². The van der Waals surface area contributed by atoms with Crippen molar-refractivity contribution in [1.29, 1.82) is 0 Å². The van der Waals surface area contributed by atoms with Gasteiger partial charge in [-0.25, -0.2) is 0 Å². The lowest BCUT2D eigenvalue weighted by Gasteiger charge is -2.25. The first-order chi connectivity index (χ1) is 6.08. The van der Waals surface area contributed by atoms with Gasteiger partial charge in [-0.2, -0.15) is 0 Å². The van der Waals surface area contributed by atoms with Gasteiger partial charge in [-0.05, 0) is 17.4 Å².